The van der Waals surface area contributed by atoms with Crippen molar-refractivity contribution in [3.05, 3.63) is 48.0 Å². The Hall–Kier alpha value is -3.55. The van der Waals surface area contributed by atoms with E-state index < -0.39 is 29.2 Å². The van der Waals surface area contributed by atoms with Gasteiger partial charge in [-0.2, -0.15) is 5.26 Å². The van der Waals surface area contributed by atoms with E-state index in [9.17, 15) is 19.6 Å². The number of nitrogens with one attached hydrogen (secondary N) is 2. The monoisotopic (exact) mass is 550 g/mol. The molecule has 1 unspecified atom stereocenters. The third-order valence-corrected chi connectivity index (χ3v) is 7.79. The number of anilines is 1. The first-order valence-electron chi connectivity index (χ1n) is 12.9. The summed E-state index contributed by atoms with van der Waals surface area (Å²) in [6.45, 7) is 5.90. The maximum atomic E-state index is 13.4. The van der Waals surface area contributed by atoms with E-state index in [1.165, 1.54) is 11.8 Å². The molecule has 0 saturated carbocycles. The van der Waals surface area contributed by atoms with E-state index in [4.69, 9.17) is 9.47 Å². The summed E-state index contributed by atoms with van der Waals surface area (Å²) in [5.74, 6) is 0.0938. The van der Waals surface area contributed by atoms with Gasteiger partial charge >= 0.3 is 6.09 Å². The maximum absolute atomic E-state index is 13.4. The van der Waals surface area contributed by atoms with Crippen LogP contribution in [0, 0.1) is 11.3 Å². The van der Waals surface area contributed by atoms with Crippen molar-refractivity contribution in [2.45, 2.75) is 62.1 Å². The molecule has 0 spiro atoms. The molecule has 39 heavy (non-hydrogen) atoms. The Balaban J connectivity index is 1.43. The number of benzene rings is 2. The molecule has 1 fully saturated rings. The molecule has 10 heteroatoms. The predicted molar refractivity (Wildman–Crippen MR) is 149 cm³/mol. The van der Waals surface area contributed by atoms with E-state index in [2.05, 4.69) is 22.8 Å². The van der Waals surface area contributed by atoms with Crippen molar-refractivity contribution >= 4 is 35.4 Å². The zero-order valence-corrected chi connectivity index (χ0v) is 23.5. The van der Waals surface area contributed by atoms with Gasteiger partial charge in [-0.25, -0.2) is 4.79 Å². The first kappa shape index (κ1) is 28.5. The fourth-order valence-corrected chi connectivity index (χ4v) is 5.61. The fraction of sp³-hybridized carbons (Fsp3) is 0.448. The zero-order chi connectivity index (χ0) is 28.2. The molecule has 1 atom stereocenters. The number of fused-ring (bicyclic) bond motifs is 1. The maximum Gasteiger partial charge on any atom is 0.408 e. The first-order chi connectivity index (χ1) is 18.5. The molecule has 2 aromatic rings. The number of ether oxygens (including phenoxy) is 2. The Bertz CT molecular complexity index is 1280. The van der Waals surface area contributed by atoms with Crippen LogP contribution in [0.1, 0.15) is 39.2 Å². The smallest absolute Gasteiger partial charge is 0.408 e. The normalized spacial score (nSPS) is 17.4. The van der Waals surface area contributed by atoms with Crippen molar-refractivity contribution in [2.75, 3.05) is 30.9 Å². The van der Waals surface area contributed by atoms with Crippen LogP contribution in [0.5, 0.6) is 0 Å². The largest absolute Gasteiger partial charge is 0.444 e. The third-order valence-electron chi connectivity index (χ3n) is 6.76. The first-order valence-corrected chi connectivity index (χ1v) is 13.9. The van der Waals surface area contributed by atoms with E-state index in [1.54, 1.807) is 32.7 Å². The van der Waals surface area contributed by atoms with Crippen molar-refractivity contribution in [1.82, 2.24) is 10.6 Å². The second-order valence-electron chi connectivity index (χ2n) is 10.8. The van der Waals surface area contributed by atoms with Crippen molar-refractivity contribution in [1.29, 1.82) is 5.26 Å². The fourth-order valence-electron chi connectivity index (χ4n) is 4.58. The molecule has 0 radical (unpaired) electrons. The number of carbonyl (C=O) groups is 3. The van der Waals surface area contributed by atoms with Gasteiger partial charge in [0.1, 0.15) is 17.2 Å². The molecule has 4 rings (SSSR count). The number of alkyl carbamates (subject to hydrolysis) is 1. The Morgan fingerprint density at radius 3 is 2.46 bits per heavy atom. The molecule has 3 amide bonds. The van der Waals surface area contributed by atoms with Gasteiger partial charge in [0.05, 0.1) is 17.5 Å². The Morgan fingerprint density at radius 2 is 1.82 bits per heavy atom. The average molecular weight is 551 g/mol. The molecular weight excluding hydrogens is 516 g/mol. The number of amides is 3. The summed E-state index contributed by atoms with van der Waals surface area (Å²) < 4.78 is 10.8. The second-order valence-corrected chi connectivity index (χ2v) is 11.8. The summed E-state index contributed by atoms with van der Waals surface area (Å²) in [4.78, 5) is 40.6. The van der Waals surface area contributed by atoms with E-state index >= 15 is 0 Å². The van der Waals surface area contributed by atoms with Crippen LogP contribution in [0.3, 0.4) is 0 Å². The Labute approximate surface area is 233 Å². The number of carbonyl (C=O) groups excluding carboxylic acids is 3. The molecule has 0 aliphatic carbocycles. The summed E-state index contributed by atoms with van der Waals surface area (Å²) in [6.07, 6.45) is 0.207. The molecule has 9 nitrogen and oxygen atoms in total. The van der Waals surface area contributed by atoms with Crippen LogP contribution in [0.4, 0.5) is 10.5 Å². The summed E-state index contributed by atoms with van der Waals surface area (Å²) >= 11 is 1.54. The van der Waals surface area contributed by atoms with Crippen molar-refractivity contribution < 1.29 is 23.9 Å². The molecule has 2 N–H and O–H groups in total. The van der Waals surface area contributed by atoms with Gasteiger partial charge in [-0.05, 0) is 49.6 Å². The SMILES string of the molecule is CN1C(=O)CSc2cc(-c3ccc(CC(C#N)NC(=O)C4(NC(=O)OC(C)(C)C)CCOCC4)cc3)ccc21. The van der Waals surface area contributed by atoms with E-state index in [0.717, 1.165) is 27.3 Å². The zero-order valence-electron chi connectivity index (χ0n) is 22.7. The molecule has 2 aliphatic rings. The molecule has 0 aromatic heterocycles. The lowest BCUT2D eigenvalue weighted by Gasteiger charge is -2.37. The quantitative estimate of drug-likeness (QED) is 0.557. The van der Waals surface area contributed by atoms with Crippen LogP contribution in [-0.2, 0) is 25.5 Å². The van der Waals surface area contributed by atoms with Crippen LogP contribution < -0.4 is 15.5 Å². The third kappa shape index (κ3) is 6.91. The van der Waals surface area contributed by atoms with Crippen LogP contribution >= 0.6 is 11.8 Å². The van der Waals surface area contributed by atoms with Crippen molar-refractivity contribution in [2.24, 2.45) is 0 Å². The lowest BCUT2D eigenvalue weighted by molar-refractivity contribution is -0.132. The molecule has 0 bridgehead atoms. The molecular formula is C29H34N4O5S. The average Bonchev–Trinajstić information content (AvgIpc) is 2.90. The Kier molecular flexibility index (Phi) is 8.52. The molecule has 1 saturated heterocycles. The highest BCUT2D eigenvalue weighted by molar-refractivity contribution is 8.00. The van der Waals surface area contributed by atoms with Gasteiger partial charge in [0.2, 0.25) is 11.8 Å². The number of nitrogens with zero attached hydrogens (tertiary/aromatic N) is 2. The molecule has 2 aromatic carbocycles. The van der Waals surface area contributed by atoms with Gasteiger partial charge in [-0.1, -0.05) is 30.3 Å². The van der Waals surface area contributed by atoms with Gasteiger partial charge in [-0.15, -0.1) is 11.8 Å². The number of thioether (sulfide) groups is 1. The summed E-state index contributed by atoms with van der Waals surface area (Å²) in [5, 5.41) is 15.4. The highest BCUT2D eigenvalue weighted by atomic mass is 32.2. The minimum absolute atomic E-state index is 0.0899. The predicted octanol–water partition coefficient (Wildman–Crippen LogP) is 4.05. The lowest BCUT2D eigenvalue weighted by atomic mass is 9.88. The van der Waals surface area contributed by atoms with Gasteiger partial charge in [-0.3, -0.25) is 9.59 Å². The molecule has 2 heterocycles. The highest BCUT2D eigenvalue weighted by Gasteiger charge is 2.43. The van der Waals surface area contributed by atoms with Gasteiger partial charge < -0.3 is 25.0 Å². The topological polar surface area (TPSA) is 121 Å². The minimum Gasteiger partial charge on any atom is -0.444 e. The van der Waals surface area contributed by atoms with Crippen molar-refractivity contribution in [3.8, 4) is 17.2 Å². The number of nitriles is 1. The van der Waals surface area contributed by atoms with Crippen LogP contribution in [0.15, 0.2) is 47.4 Å². The number of hydrogen-bond acceptors (Lipinski definition) is 7. The van der Waals surface area contributed by atoms with Crippen molar-refractivity contribution in [3.63, 3.8) is 0 Å². The van der Waals surface area contributed by atoms with Gasteiger partial charge in [0.25, 0.3) is 0 Å². The van der Waals surface area contributed by atoms with E-state index in [1.807, 2.05) is 36.4 Å². The van der Waals surface area contributed by atoms with Crippen LogP contribution in [0.25, 0.3) is 11.1 Å². The molecule has 206 valence electrons. The van der Waals surface area contributed by atoms with Gasteiger partial charge in [0.15, 0.2) is 0 Å². The molecule has 2 aliphatic heterocycles. The number of hydrogen-bond donors (Lipinski definition) is 2. The van der Waals surface area contributed by atoms with Gasteiger partial charge in [0, 0.05) is 44.4 Å². The van der Waals surface area contributed by atoms with E-state index in [0.29, 0.717) is 25.4 Å². The minimum atomic E-state index is -1.21. The highest BCUT2D eigenvalue weighted by Crippen LogP contribution is 2.37. The lowest BCUT2D eigenvalue weighted by Crippen LogP contribution is -2.63. The summed E-state index contributed by atoms with van der Waals surface area (Å²) in [6, 6.07) is 15.3. The Morgan fingerprint density at radius 1 is 1.15 bits per heavy atom. The standard InChI is InChI=1S/C29H34N4O5S/c1-28(2,3)38-27(36)32-29(11-13-37-14-12-29)26(35)31-22(17-30)15-19-5-7-20(8-6-19)21-9-10-23-24(16-21)39-18-25(34)33(23)4/h5-10,16,22H,11-15,18H2,1-4H3,(H,31,35)(H,32,36). The second kappa shape index (κ2) is 11.7. The summed E-state index contributed by atoms with van der Waals surface area (Å²) in [5.41, 5.74) is 1.94. The number of rotatable bonds is 6. The van der Waals surface area contributed by atoms with Crippen LogP contribution in [0.2, 0.25) is 0 Å². The van der Waals surface area contributed by atoms with Crippen LogP contribution in [-0.4, -0.2) is 61.1 Å². The summed E-state index contributed by atoms with van der Waals surface area (Å²) in [7, 11) is 1.79. The van der Waals surface area contributed by atoms with E-state index in [-0.39, 0.29) is 18.7 Å².